The minimum atomic E-state index is -3.95. The van der Waals surface area contributed by atoms with Crippen LogP contribution in [0, 0.1) is 11.3 Å². The molecule has 9 heteroatoms. The van der Waals surface area contributed by atoms with Crippen molar-refractivity contribution in [2.24, 2.45) is 7.05 Å². The molecular formula is C27H19ClN4O3S. The lowest BCUT2D eigenvalue weighted by atomic mass is 10.0. The molecule has 2 heterocycles. The van der Waals surface area contributed by atoms with E-state index in [2.05, 4.69) is 11.1 Å². The fourth-order valence-corrected chi connectivity index (χ4v) is 5.73. The van der Waals surface area contributed by atoms with E-state index < -0.39 is 9.84 Å². The van der Waals surface area contributed by atoms with Gasteiger partial charge in [0.15, 0.2) is 5.03 Å². The van der Waals surface area contributed by atoms with Crippen LogP contribution < -0.4 is 5.56 Å². The maximum absolute atomic E-state index is 13.7. The standard InChI is InChI=1S/C27H19ClN4O3S/c1-31-25-10-9-22(12-24(25)23(13-26(31)33)20-3-2-4-21(28)11-20)36(34,35)27-15-30-17-32(27)16-19-7-5-18(14-29)6-8-19/h2-13,15,17H,16H2,1H3. The third-order valence-electron chi connectivity index (χ3n) is 6.05. The van der Waals surface area contributed by atoms with E-state index in [1.165, 1.54) is 29.2 Å². The van der Waals surface area contributed by atoms with Crippen molar-refractivity contribution in [1.82, 2.24) is 14.1 Å². The summed E-state index contributed by atoms with van der Waals surface area (Å²) in [5.41, 5.74) is 3.05. The molecule has 0 atom stereocenters. The molecule has 36 heavy (non-hydrogen) atoms. The number of fused-ring (bicyclic) bond motifs is 1. The zero-order valence-electron chi connectivity index (χ0n) is 19.1. The number of imidazole rings is 1. The van der Waals surface area contributed by atoms with Crippen LogP contribution in [0.3, 0.4) is 0 Å². The summed E-state index contributed by atoms with van der Waals surface area (Å²) in [6.07, 6.45) is 2.79. The topological polar surface area (TPSA) is 97.8 Å². The van der Waals surface area contributed by atoms with Gasteiger partial charge in [-0.15, -0.1) is 0 Å². The number of aryl methyl sites for hydroxylation is 1. The van der Waals surface area contributed by atoms with Gasteiger partial charge in [0.2, 0.25) is 9.84 Å². The number of nitriles is 1. The SMILES string of the molecule is Cn1c(=O)cc(-c2cccc(Cl)c2)c2cc(S(=O)(=O)c3cncn3Cc3ccc(C#N)cc3)ccc21. The van der Waals surface area contributed by atoms with Crippen molar-refractivity contribution in [3.8, 4) is 17.2 Å². The quantitative estimate of drug-likeness (QED) is 0.335. The fraction of sp³-hybridized carbons (Fsp3) is 0.0741. The van der Waals surface area contributed by atoms with Crippen LogP contribution >= 0.6 is 11.6 Å². The second kappa shape index (κ2) is 9.11. The Balaban J connectivity index is 1.63. The Bertz CT molecular complexity index is 1830. The second-order valence-electron chi connectivity index (χ2n) is 8.32. The van der Waals surface area contributed by atoms with Crippen LogP contribution in [-0.4, -0.2) is 22.5 Å². The Hall–Kier alpha value is -4.19. The highest BCUT2D eigenvalue weighted by molar-refractivity contribution is 7.91. The highest BCUT2D eigenvalue weighted by Gasteiger charge is 2.24. The van der Waals surface area contributed by atoms with Crippen LogP contribution in [0.1, 0.15) is 11.1 Å². The van der Waals surface area contributed by atoms with Crippen molar-refractivity contribution < 1.29 is 8.42 Å². The fourth-order valence-electron chi connectivity index (χ4n) is 4.16. The number of hydrogen-bond donors (Lipinski definition) is 0. The smallest absolute Gasteiger partial charge is 0.251 e. The normalized spacial score (nSPS) is 11.5. The van der Waals surface area contributed by atoms with Gasteiger partial charge in [-0.3, -0.25) is 4.79 Å². The molecule has 0 spiro atoms. The van der Waals surface area contributed by atoms with E-state index in [0.717, 1.165) is 5.56 Å². The number of benzene rings is 3. The van der Waals surface area contributed by atoms with Gasteiger partial charge in [0, 0.05) is 30.1 Å². The molecule has 5 aromatic rings. The Morgan fingerprint density at radius 2 is 1.81 bits per heavy atom. The van der Waals surface area contributed by atoms with Gasteiger partial charge in [-0.25, -0.2) is 13.4 Å². The summed E-state index contributed by atoms with van der Waals surface area (Å²) in [4.78, 5) is 16.8. The van der Waals surface area contributed by atoms with Crippen LogP contribution in [0.15, 0.2) is 100 Å². The van der Waals surface area contributed by atoms with Crippen LogP contribution in [0.5, 0.6) is 0 Å². The number of hydrogen-bond acceptors (Lipinski definition) is 5. The number of sulfone groups is 1. The second-order valence-corrected chi connectivity index (χ2v) is 10.6. The third-order valence-corrected chi connectivity index (χ3v) is 8.05. The molecule has 5 rings (SSSR count). The Labute approximate surface area is 212 Å². The van der Waals surface area contributed by atoms with E-state index in [4.69, 9.17) is 16.9 Å². The molecule has 178 valence electrons. The molecule has 0 bridgehead atoms. The number of rotatable bonds is 5. The van der Waals surface area contributed by atoms with Gasteiger partial charge in [0.25, 0.3) is 5.56 Å². The molecule has 0 fully saturated rings. The summed E-state index contributed by atoms with van der Waals surface area (Å²) in [5, 5.41) is 10.2. The lowest BCUT2D eigenvalue weighted by Gasteiger charge is -2.14. The predicted molar refractivity (Wildman–Crippen MR) is 138 cm³/mol. The van der Waals surface area contributed by atoms with E-state index in [1.54, 1.807) is 66.2 Å². The first-order chi connectivity index (χ1) is 17.3. The molecule has 0 amide bonds. The molecule has 0 aliphatic heterocycles. The van der Waals surface area contributed by atoms with Gasteiger partial charge in [0.1, 0.15) is 0 Å². The molecule has 0 unspecified atom stereocenters. The van der Waals surface area contributed by atoms with Crippen molar-refractivity contribution in [2.75, 3.05) is 0 Å². The first-order valence-electron chi connectivity index (χ1n) is 10.9. The highest BCUT2D eigenvalue weighted by atomic mass is 35.5. The minimum Gasteiger partial charge on any atom is -0.317 e. The van der Waals surface area contributed by atoms with Crippen molar-refractivity contribution in [2.45, 2.75) is 16.5 Å². The minimum absolute atomic E-state index is 0.0420. The van der Waals surface area contributed by atoms with E-state index >= 15 is 0 Å². The Morgan fingerprint density at radius 1 is 1.03 bits per heavy atom. The van der Waals surface area contributed by atoms with Crippen molar-refractivity contribution in [1.29, 1.82) is 5.26 Å². The summed E-state index contributed by atoms with van der Waals surface area (Å²) in [7, 11) is -2.30. The van der Waals surface area contributed by atoms with Crippen LogP contribution in [-0.2, 0) is 23.4 Å². The number of pyridine rings is 1. The molecule has 2 aromatic heterocycles. The molecule has 0 N–H and O–H groups in total. The molecule has 0 saturated heterocycles. The van der Waals surface area contributed by atoms with E-state index in [1.807, 2.05) is 6.07 Å². The van der Waals surface area contributed by atoms with Gasteiger partial charge >= 0.3 is 0 Å². The summed E-state index contributed by atoms with van der Waals surface area (Å²) in [6.45, 7) is 0.274. The van der Waals surface area contributed by atoms with E-state index in [-0.39, 0.29) is 22.0 Å². The molecule has 0 aliphatic carbocycles. The molecule has 0 radical (unpaired) electrons. The van der Waals surface area contributed by atoms with Crippen LogP contribution in [0.2, 0.25) is 5.02 Å². The number of nitrogens with zero attached hydrogens (tertiary/aromatic N) is 4. The summed E-state index contributed by atoms with van der Waals surface area (Å²) >= 11 is 6.18. The first-order valence-corrected chi connectivity index (χ1v) is 12.8. The monoisotopic (exact) mass is 514 g/mol. The summed E-state index contributed by atoms with van der Waals surface area (Å²) in [5.74, 6) is 0. The molecule has 0 aliphatic rings. The first kappa shape index (κ1) is 23.5. The van der Waals surface area contributed by atoms with Crippen LogP contribution in [0.25, 0.3) is 22.0 Å². The lowest BCUT2D eigenvalue weighted by molar-refractivity contribution is 0.581. The lowest BCUT2D eigenvalue weighted by Crippen LogP contribution is -2.17. The zero-order valence-corrected chi connectivity index (χ0v) is 20.7. The van der Waals surface area contributed by atoms with Crippen molar-refractivity contribution in [3.05, 3.63) is 112 Å². The Kier molecular flexibility index (Phi) is 5.96. The zero-order chi connectivity index (χ0) is 25.4. The van der Waals surface area contributed by atoms with Gasteiger partial charge in [-0.05, 0) is 59.2 Å². The average molecular weight is 515 g/mol. The van der Waals surface area contributed by atoms with E-state index in [9.17, 15) is 13.2 Å². The maximum atomic E-state index is 13.7. The maximum Gasteiger partial charge on any atom is 0.251 e. The molecular weight excluding hydrogens is 496 g/mol. The molecule has 3 aromatic carbocycles. The molecule has 0 saturated carbocycles. The van der Waals surface area contributed by atoms with Gasteiger partial charge in [-0.1, -0.05) is 35.9 Å². The van der Waals surface area contributed by atoms with Gasteiger partial charge in [0.05, 0.1) is 34.6 Å². The van der Waals surface area contributed by atoms with Crippen molar-refractivity contribution >= 4 is 32.3 Å². The largest absolute Gasteiger partial charge is 0.317 e. The summed E-state index contributed by atoms with van der Waals surface area (Å²) in [6, 6.07) is 22.3. The predicted octanol–water partition coefficient (Wildman–Crippen LogP) is 4.81. The third kappa shape index (κ3) is 4.19. The Morgan fingerprint density at radius 3 is 2.53 bits per heavy atom. The molecule has 7 nitrogen and oxygen atoms in total. The highest BCUT2D eigenvalue weighted by Crippen LogP contribution is 2.32. The van der Waals surface area contributed by atoms with Crippen LogP contribution in [0.4, 0.5) is 0 Å². The van der Waals surface area contributed by atoms with E-state index in [0.29, 0.717) is 32.6 Å². The van der Waals surface area contributed by atoms with Crippen molar-refractivity contribution in [3.63, 3.8) is 0 Å². The van der Waals surface area contributed by atoms with Gasteiger partial charge in [-0.2, -0.15) is 5.26 Å². The average Bonchev–Trinajstić information content (AvgIpc) is 3.35. The number of aromatic nitrogens is 3. The number of halogens is 1. The van der Waals surface area contributed by atoms with Gasteiger partial charge < -0.3 is 9.13 Å². The summed E-state index contributed by atoms with van der Waals surface area (Å²) < 4.78 is 30.5.